The maximum Gasteiger partial charge on any atom is 0.303 e. The Morgan fingerprint density at radius 1 is 1.32 bits per heavy atom. The summed E-state index contributed by atoms with van der Waals surface area (Å²) in [6.07, 6.45) is 5.31. The number of pyridine rings is 1. The lowest BCUT2D eigenvalue weighted by atomic mass is 10.0. The summed E-state index contributed by atoms with van der Waals surface area (Å²) in [5.74, 6) is -3.06. The lowest BCUT2D eigenvalue weighted by molar-refractivity contribution is 0.00778. The Balaban J connectivity index is 1.81. The van der Waals surface area contributed by atoms with Gasteiger partial charge in [-0.2, -0.15) is 8.78 Å². The summed E-state index contributed by atoms with van der Waals surface area (Å²) in [6, 6.07) is 3.42. The standard InChI is InChI=1S/C15H13ClF2N4/c1-14(17,18)13-19-5-2-12(21-13)22-8-15(3-4-15)9-7-20-11(16)6-10(9)22/h2,5-7H,3-4,8H2,1H3. The van der Waals surface area contributed by atoms with Gasteiger partial charge in [-0.05, 0) is 25.0 Å². The molecule has 7 heteroatoms. The number of nitrogens with zero attached hydrogens (tertiary/aromatic N) is 4. The molecule has 4 nitrogen and oxygen atoms in total. The number of rotatable bonds is 2. The van der Waals surface area contributed by atoms with E-state index in [1.807, 2.05) is 4.90 Å². The minimum absolute atomic E-state index is 0.0762. The normalized spacial score (nSPS) is 18.6. The van der Waals surface area contributed by atoms with E-state index in [-0.39, 0.29) is 5.41 Å². The first-order valence-electron chi connectivity index (χ1n) is 7.04. The highest BCUT2D eigenvalue weighted by atomic mass is 35.5. The number of halogens is 3. The second kappa shape index (κ2) is 4.35. The van der Waals surface area contributed by atoms with Crippen molar-refractivity contribution in [3.63, 3.8) is 0 Å². The van der Waals surface area contributed by atoms with Gasteiger partial charge in [-0.15, -0.1) is 0 Å². The van der Waals surface area contributed by atoms with Gasteiger partial charge in [0.25, 0.3) is 0 Å². The third-order valence-electron chi connectivity index (χ3n) is 4.34. The molecule has 1 fully saturated rings. The average Bonchev–Trinajstić information content (AvgIpc) is 3.17. The zero-order chi connectivity index (χ0) is 15.5. The number of fused-ring (bicyclic) bond motifs is 2. The van der Waals surface area contributed by atoms with Crippen LogP contribution in [0.2, 0.25) is 5.15 Å². The van der Waals surface area contributed by atoms with Crippen LogP contribution in [0.1, 0.15) is 31.2 Å². The van der Waals surface area contributed by atoms with Crippen LogP contribution in [0.25, 0.3) is 0 Å². The summed E-state index contributed by atoms with van der Waals surface area (Å²) in [6.45, 7) is 1.52. The van der Waals surface area contributed by atoms with E-state index in [1.54, 1.807) is 18.3 Å². The molecule has 0 aromatic carbocycles. The first kappa shape index (κ1) is 13.8. The Bertz CT molecular complexity index is 755. The third-order valence-corrected chi connectivity index (χ3v) is 4.54. The summed E-state index contributed by atoms with van der Waals surface area (Å²) < 4.78 is 26.9. The molecule has 0 radical (unpaired) electrons. The van der Waals surface area contributed by atoms with E-state index in [0.717, 1.165) is 37.6 Å². The summed E-state index contributed by atoms with van der Waals surface area (Å²) in [5, 5.41) is 0.386. The van der Waals surface area contributed by atoms with Crippen molar-refractivity contribution in [2.45, 2.75) is 31.1 Å². The molecular formula is C15H13ClF2N4. The summed E-state index contributed by atoms with van der Waals surface area (Å²) in [5.41, 5.74) is 2.11. The van der Waals surface area contributed by atoms with Crippen molar-refractivity contribution in [2.24, 2.45) is 0 Å². The smallest absolute Gasteiger partial charge is 0.303 e. The maximum absolute atomic E-state index is 13.5. The van der Waals surface area contributed by atoms with Crippen molar-refractivity contribution < 1.29 is 8.78 Å². The molecule has 0 atom stereocenters. The van der Waals surface area contributed by atoms with Crippen LogP contribution >= 0.6 is 11.6 Å². The third kappa shape index (κ3) is 2.05. The van der Waals surface area contributed by atoms with Gasteiger partial charge in [-0.3, -0.25) is 0 Å². The molecule has 1 spiro atoms. The predicted molar refractivity (Wildman–Crippen MR) is 78.8 cm³/mol. The molecule has 0 bridgehead atoms. The van der Waals surface area contributed by atoms with Crippen molar-refractivity contribution >= 4 is 23.1 Å². The number of aromatic nitrogens is 3. The largest absolute Gasteiger partial charge is 0.325 e. The quantitative estimate of drug-likeness (QED) is 0.788. The number of anilines is 2. The Hall–Kier alpha value is -1.82. The second-order valence-electron chi connectivity index (χ2n) is 6.02. The van der Waals surface area contributed by atoms with Crippen molar-refractivity contribution in [2.75, 3.05) is 11.4 Å². The van der Waals surface area contributed by atoms with Crippen LogP contribution in [0.3, 0.4) is 0 Å². The lowest BCUT2D eigenvalue weighted by Gasteiger charge is -2.20. The van der Waals surface area contributed by atoms with E-state index in [2.05, 4.69) is 15.0 Å². The molecular weight excluding hydrogens is 310 g/mol. The van der Waals surface area contributed by atoms with Gasteiger partial charge >= 0.3 is 5.92 Å². The molecule has 0 amide bonds. The maximum atomic E-state index is 13.5. The van der Waals surface area contributed by atoms with Crippen LogP contribution in [-0.4, -0.2) is 21.5 Å². The van der Waals surface area contributed by atoms with Gasteiger partial charge in [0.2, 0.25) is 5.82 Å². The Labute approximate surface area is 131 Å². The fourth-order valence-electron chi connectivity index (χ4n) is 3.02. The van der Waals surface area contributed by atoms with E-state index in [4.69, 9.17) is 11.6 Å². The monoisotopic (exact) mass is 322 g/mol. The fourth-order valence-corrected chi connectivity index (χ4v) is 3.17. The molecule has 2 aliphatic rings. The highest BCUT2D eigenvalue weighted by molar-refractivity contribution is 6.29. The minimum atomic E-state index is -3.06. The van der Waals surface area contributed by atoms with Crippen LogP contribution in [-0.2, 0) is 11.3 Å². The topological polar surface area (TPSA) is 41.9 Å². The molecule has 0 N–H and O–H groups in total. The minimum Gasteiger partial charge on any atom is -0.325 e. The van der Waals surface area contributed by atoms with Crippen LogP contribution in [0.4, 0.5) is 20.3 Å². The van der Waals surface area contributed by atoms with E-state index in [9.17, 15) is 8.78 Å². The molecule has 0 unspecified atom stereocenters. The molecule has 1 aliphatic heterocycles. The molecule has 2 aromatic heterocycles. The number of hydrogen-bond acceptors (Lipinski definition) is 4. The fraction of sp³-hybridized carbons (Fsp3) is 0.400. The lowest BCUT2D eigenvalue weighted by Crippen LogP contribution is -2.22. The highest BCUT2D eigenvalue weighted by Crippen LogP contribution is 2.57. The van der Waals surface area contributed by atoms with E-state index in [0.29, 0.717) is 11.0 Å². The molecule has 0 saturated heterocycles. The SMILES string of the molecule is CC(F)(F)c1nccc(N2CC3(CC3)c3cnc(Cl)cc32)n1. The van der Waals surface area contributed by atoms with Crippen molar-refractivity contribution in [3.8, 4) is 0 Å². The van der Waals surface area contributed by atoms with Gasteiger partial charge in [0.15, 0.2) is 0 Å². The van der Waals surface area contributed by atoms with Gasteiger partial charge in [-0.25, -0.2) is 15.0 Å². The van der Waals surface area contributed by atoms with Gasteiger partial charge in [-0.1, -0.05) is 11.6 Å². The summed E-state index contributed by atoms with van der Waals surface area (Å²) >= 11 is 6.00. The molecule has 4 rings (SSSR count). The van der Waals surface area contributed by atoms with Crippen LogP contribution in [0, 0.1) is 0 Å². The molecule has 2 aromatic rings. The van der Waals surface area contributed by atoms with Crippen LogP contribution in [0.15, 0.2) is 24.5 Å². The zero-order valence-corrected chi connectivity index (χ0v) is 12.6. The molecule has 114 valence electrons. The Morgan fingerprint density at radius 2 is 2.09 bits per heavy atom. The zero-order valence-electron chi connectivity index (χ0n) is 11.9. The van der Waals surface area contributed by atoms with E-state index in [1.165, 1.54) is 6.20 Å². The first-order valence-corrected chi connectivity index (χ1v) is 7.42. The van der Waals surface area contributed by atoms with Crippen molar-refractivity contribution in [1.29, 1.82) is 0 Å². The first-order chi connectivity index (χ1) is 10.4. The predicted octanol–water partition coefficient (Wildman–Crippen LogP) is 3.82. The van der Waals surface area contributed by atoms with Gasteiger partial charge < -0.3 is 4.90 Å². The molecule has 1 saturated carbocycles. The molecule has 22 heavy (non-hydrogen) atoms. The number of alkyl halides is 2. The van der Waals surface area contributed by atoms with E-state index < -0.39 is 11.7 Å². The molecule has 3 heterocycles. The molecule has 1 aliphatic carbocycles. The summed E-state index contributed by atoms with van der Waals surface area (Å²) in [4.78, 5) is 13.8. The summed E-state index contributed by atoms with van der Waals surface area (Å²) in [7, 11) is 0. The van der Waals surface area contributed by atoms with Gasteiger partial charge in [0, 0.05) is 36.8 Å². The van der Waals surface area contributed by atoms with Crippen molar-refractivity contribution in [3.05, 3.63) is 41.1 Å². The Kier molecular flexibility index (Phi) is 2.73. The van der Waals surface area contributed by atoms with E-state index >= 15 is 0 Å². The number of hydrogen-bond donors (Lipinski definition) is 0. The van der Waals surface area contributed by atoms with Gasteiger partial charge in [0.05, 0.1) is 5.69 Å². The van der Waals surface area contributed by atoms with Crippen LogP contribution < -0.4 is 4.90 Å². The van der Waals surface area contributed by atoms with Crippen molar-refractivity contribution in [1.82, 2.24) is 15.0 Å². The van der Waals surface area contributed by atoms with Gasteiger partial charge in [0.1, 0.15) is 11.0 Å². The Morgan fingerprint density at radius 3 is 2.77 bits per heavy atom. The second-order valence-corrected chi connectivity index (χ2v) is 6.40. The average molecular weight is 323 g/mol. The highest BCUT2D eigenvalue weighted by Gasteiger charge is 2.52. The van der Waals surface area contributed by atoms with Crippen LogP contribution in [0.5, 0.6) is 0 Å².